The molecule has 134 valence electrons. The Morgan fingerprint density at radius 2 is 2.23 bits per heavy atom. The molecule has 10 nitrogen and oxygen atoms in total. The normalized spacial score (nSPS) is 11.5. The second-order valence-corrected chi connectivity index (χ2v) is 5.32. The molecular weight excluding hydrogens is 334 g/mol. The van der Waals surface area contributed by atoms with Crippen molar-refractivity contribution in [2.75, 3.05) is 24.2 Å². The van der Waals surface area contributed by atoms with Crippen molar-refractivity contribution in [2.45, 2.75) is 6.54 Å². The van der Waals surface area contributed by atoms with E-state index in [2.05, 4.69) is 30.7 Å². The second kappa shape index (κ2) is 8.03. The van der Waals surface area contributed by atoms with Gasteiger partial charge in [0.1, 0.15) is 0 Å². The highest BCUT2D eigenvalue weighted by atomic mass is 16.3. The van der Waals surface area contributed by atoms with E-state index < -0.39 is 0 Å². The van der Waals surface area contributed by atoms with Gasteiger partial charge in [0.25, 0.3) is 0 Å². The Labute approximate surface area is 149 Å². The van der Waals surface area contributed by atoms with Crippen molar-refractivity contribution in [1.29, 1.82) is 5.41 Å². The van der Waals surface area contributed by atoms with Crippen LogP contribution in [0.15, 0.2) is 36.9 Å². The first-order valence-corrected chi connectivity index (χ1v) is 7.92. The van der Waals surface area contributed by atoms with E-state index in [1.54, 1.807) is 16.9 Å². The number of aliphatic hydroxyl groups excluding tert-OH is 1. The summed E-state index contributed by atoms with van der Waals surface area (Å²) in [6.45, 7) is 0.792. The molecule has 0 unspecified atom stereocenters. The molecule has 0 spiro atoms. The number of nitrogens with two attached hydrogens (primary N) is 1. The molecule has 3 rings (SSSR count). The zero-order chi connectivity index (χ0) is 18.4. The largest absolute Gasteiger partial charge is 0.395 e. The fraction of sp³-hybridized carbons (Fsp3) is 0.188. The number of fused-ring (bicyclic) bond motifs is 1. The predicted octanol–water partition coefficient (Wildman–Crippen LogP) is 0.286. The first-order valence-electron chi connectivity index (χ1n) is 7.92. The van der Waals surface area contributed by atoms with E-state index in [-0.39, 0.29) is 12.4 Å². The van der Waals surface area contributed by atoms with Crippen LogP contribution in [0, 0.1) is 5.41 Å². The Kier molecular flexibility index (Phi) is 5.34. The number of nitrogens with zero attached hydrogens (tertiary/aromatic N) is 5. The second-order valence-electron chi connectivity index (χ2n) is 5.32. The number of aliphatic hydroxyl groups is 1. The fourth-order valence-corrected chi connectivity index (χ4v) is 2.23. The van der Waals surface area contributed by atoms with Gasteiger partial charge >= 0.3 is 0 Å². The van der Waals surface area contributed by atoms with Gasteiger partial charge in [-0.3, -0.25) is 0 Å². The van der Waals surface area contributed by atoms with Gasteiger partial charge in [-0.1, -0.05) is 0 Å². The first kappa shape index (κ1) is 17.3. The number of rotatable bonds is 8. The molecule has 0 aliphatic heterocycles. The van der Waals surface area contributed by atoms with Crippen molar-refractivity contribution in [3.63, 3.8) is 0 Å². The van der Waals surface area contributed by atoms with Gasteiger partial charge in [-0.15, -0.1) is 0 Å². The summed E-state index contributed by atoms with van der Waals surface area (Å²) in [4.78, 5) is 13.0. The van der Waals surface area contributed by atoms with Crippen LogP contribution < -0.4 is 16.4 Å². The summed E-state index contributed by atoms with van der Waals surface area (Å²) in [5.41, 5.74) is 8.46. The minimum absolute atomic E-state index is 0.00344. The maximum absolute atomic E-state index is 8.82. The Bertz CT molecular complexity index is 934. The van der Waals surface area contributed by atoms with Crippen LogP contribution in [-0.2, 0) is 6.54 Å². The Morgan fingerprint density at radius 3 is 3.04 bits per heavy atom. The van der Waals surface area contributed by atoms with Crippen LogP contribution in [0.4, 0.5) is 11.6 Å². The van der Waals surface area contributed by atoms with Crippen molar-refractivity contribution in [1.82, 2.24) is 29.9 Å². The average molecular weight is 353 g/mol. The van der Waals surface area contributed by atoms with Crippen molar-refractivity contribution in [3.05, 3.63) is 48.3 Å². The maximum atomic E-state index is 8.82. The highest BCUT2D eigenvalue weighted by Gasteiger charge is 2.08. The van der Waals surface area contributed by atoms with Gasteiger partial charge in [-0.25, -0.2) is 19.5 Å². The van der Waals surface area contributed by atoms with Crippen LogP contribution in [0.2, 0.25) is 0 Å². The van der Waals surface area contributed by atoms with E-state index >= 15 is 0 Å². The summed E-state index contributed by atoms with van der Waals surface area (Å²) >= 11 is 0. The van der Waals surface area contributed by atoms with Gasteiger partial charge in [-0.05, 0) is 6.07 Å². The van der Waals surface area contributed by atoms with Crippen LogP contribution in [0.3, 0.4) is 0 Å². The van der Waals surface area contributed by atoms with Crippen LogP contribution in [0.5, 0.6) is 0 Å². The number of aromatic nitrogens is 5. The van der Waals surface area contributed by atoms with Crippen LogP contribution >= 0.6 is 0 Å². The van der Waals surface area contributed by atoms with E-state index in [4.69, 9.17) is 16.2 Å². The quantitative estimate of drug-likeness (QED) is 0.286. The molecule has 0 aromatic carbocycles. The molecule has 0 fully saturated rings. The molecule has 0 aliphatic rings. The summed E-state index contributed by atoms with van der Waals surface area (Å²) in [6.07, 6.45) is 7.76. The molecule has 0 saturated carbocycles. The van der Waals surface area contributed by atoms with Gasteiger partial charge in [0, 0.05) is 36.8 Å². The summed E-state index contributed by atoms with van der Waals surface area (Å²) < 4.78 is 1.68. The standard InChI is InChI=1S/C16H19N9O/c17-7-11(8-19-4-6-26)13-10-20-15(18)16(24-13)21-9-12-2-5-25-14(23-12)1-3-22-25/h1-3,5,7-8,10,17,19,26H,4,6,9H2,(H2,18,20)(H,21,24)/b11-8+,17-7?. The van der Waals surface area contributed by atoms with Crippen molar-refractivity contribution in [3.8, 4) is 0 Å². The monoisotopic (exact) mass is 353 g/mol. The molecule has 6 N–H and O–H groups in total. The summed E-state index contributed by atoms with van der Waals surface area (Å²) in [5.74, 6) is 0.666. The number of allylic oxidation sites excluding steroid dienone is 1. The molecular formula is C16H19N9O. The Morgan fingerprint density at radius 1 is 1.35 bits per heavy atom. The fourth-order valence-electron chi connectivity index (χ4n) is 2.23. The highest BCUT2D eigenvalue weighted by Crippen LogP contribution is 2.17. The number of nitrogen functional groups attached to an aromatic ring is 1. The Balaban J connectivity index is 1.76. The third-order valence-electron chi connectivity index (χ3n) is 3.52. The Hall–Kier alpha value is -3.53. The molecule has 3 aromatic rings. The lowest BCUT2D eigenvalue weighted by Gasteiger charge is -2.10. The molecule has 0 atom stereocenters. The van der Waals surface area contributed by atoms with E-state index in [1.165, 1.54) is 6.20 Å². The molecule has 0 aliphatic carbocycles. The van der Waals surface area contributed by atoms with Crippen molar-refractivity contribution >= 4 is 29.1 Å². The minimum atomic E-state index is -0.00344. The zero-order valence-electron chi connectivity index (χ0n) is 13.9. The molecule has 0 amide bonds. The van der Waals surface area contributed by atoms with Gasteiger partial charge in [0.05, 0.1) is 36.9 Å². The number of hydrogen-bond acceptors (Lipinski definition) is 9. The topological polar surface area (TPSA) is 150 Å². The molecule has 0 bridgehead atoms. The zero-order valence-corrected chi connectivity index (χ0v) is 13.9. The number of nitrogens with one attached hydrogen (secondary N) is 3. The summed E-state index contributed by atoms with van der Waals surface area (Å²) in [6, 6.07) is 3.67. The highest BCUT2D eigenvalue weighted by molar-refractivity contribution is 6.07. The van der Waals surface area contributed by atoms with Crippen molar-refractivity contribution < 1.29 is 5.11 Å². The summed E-state index contributed by atoms with van der Waals surface area (Å²) in [5, 5.41) is 26.5. The predicted molar refractivity (Wildman–Crippen MR) is 98.6 cm³/mol. The van der Waals surface area contributed by atoms with E-state index in [0.717, 1.165) is 17.6 Å². The molecule has 10 heteroatoms. The average Bonchev–Trinajstić information content (AvgIpc) is 3.13. The van der Waals surface area contributed by atoms with E-state index in [9.17, 15) is 0 Å². The summed E-state index contributed by atoms with van der Waals surface area (Å²) in [7, 11) is 0. The lowest BCUT2D eigenvalue weighted by atomic mass is 10.2. The minimum Gasteiger partial charge on any atom is -0.395 e. The van der Waals surface area contributed by atoms with Gasteiger partial charge < -0.3 is 26.9 Å². The first-order chi connectivity index (χ1) is 12.7. The molecule has 3 heterocycles. The van der Waals surface area contributed by atoms with Gasteiger partial charge in [0.15, 0.2) is 17.3 Å². The lowest BCUT2D eigenvalue weighted by molar-refractivity contribution is 0.298. The molecule has 0 radical (unpaired) electrons. The smallest absolute Gasteiger partial charge is 0.169 e. The van der Waals surface area contributed by atoms with Gasteiger partial charge in [0.2, 0.25) is 0 Å². The van der Waals surface area contributed by atoms with E-state index in [1.807, 2.05) is 18.3 Å². The lowest BCUT2D eigenvalue weighted by Crippen LogP contribution is -2.13. The third kappa shape index (κ3) is 3.92. The number of anilines is 2. The van der Waals surface area contributed by atoms with Gasteiger partial charge in [-0.2, -0.15) is 5.10 Å². The molecule has 3 aromatic heterocycles. The SMILES string of the molecule is N=C/C(=C\NCCO)c1cnc(N)c(NCc2ccn3nccc3n2)n1. The number of hydrogen-bond donors (Lipinski definition) is 5. The third-order valence-corrected chi connectivity index (χ3v) is 3.52. The molecule has 0 saturated heterocycles. The molecule has 26 heavy (non-hydrogen) atoms. The van der Waals surface area contributed by atoms with Crippen LogP contribution in [-0.4, -0.2) is 49.0 Å². The maximum Gasteiger partial charge on any atom is 0.169 e. The van der Waals surface area contributed by atoms with Crippen LogP contribution in [0.1, 0.15) is 11.4 Å². The van der Waals surface area contributed by atoms with E-state index in [0.29, 0.717) is 30.2 Å². The van der Waals surface area contributed by atoms with Crippen LogP contribution in [0.25, 0.3) is 11.2 Å². The van der Waals surface area contributed by atoms with Crippen molar-refractivity contribution in [2.24, 2.45) is 0 Å².